The van der Waals surface area contributed by atoms with Gasteiger partial charge in [0.05, 0.1) is 11.9 Å². The maximum absolute atomic E-state index is 11.5. The Morgan fingerprint density at radius 1 is 0.960 bits per heavy atom. The van der Waals surface area contributed by atoms with E-state index in [1.54, 1.807) is 10.9 Å². The molecule has 0 spiro atoms. The molecule has 0 bridgehead atoms. The molecule has 7 heteroatoms. The summed E-state index contributed by atoms with van der Waals surface area (Å²) < 4.78 is 3.60. The molecular formula is C18H32N6O. The van der Waals surface area contributed by atoms with E-state index < -0.39 is 0 Å². The molecule has 0 saturated heterocycles. The van der Waals surface area contributed by atoms with Crippen molar-refractivity contribution in [1.82, 2.24) is 30.0 Å². The summed E-state index contributed by atoms with van der Waals surface area (Å²) in [5.74, 6) is 0.0961. The molecule has 0 radical (unpaired) electrons. The first kappa shape index (κ1) is 21.0. The Balaban J connectivity index is 0.000000257. The maximum Gasteiger partial charge on any atom is 0.184 e. The monoisotopic (exact) mass is 348 g/mol. The van der Waals surface area contributed by atoms with E-state index in [1.165, 1.54) is 0 Å². The van der Waals surface area contributed by atoms with Crippen LogP contribution in [0.5, 0.6) is 0 Å². The van der Waals surface area contributed by atoms with Gasteiger partial charge in [-0.3, -0.25) is 4.79 Å². The van der Waals surface area contributed by atoms with Crippen LogP contribution >= 0.6 is 0 Å². The maximum atomic E-state index is 11.5. The van der Waals surface area contributed by atoms with Crippen molar-refractivity contribution in [2.75, 3.05) is 0 Å². The molecule has 0 amide bonds. The molecule has 0 N–H and O–H groups in total. The van der Waals surface area contributed by atoms with Gasteiger partial charge in [-0.2, -0.15) is 0 Å². The van der Waals surface area contributed by atoms with Gasteiger partial charge in [-0.05, 0) is 40.5 Å². The summed E-state index contributed by atoms with van der Waals surface area (Å²) in [6.45, 7) is 12.4. The van der Waals surface area contributed by atoms with Crippen molar-refractivity contribution < 1.29 is 4.79 Å². The van der Waals surface area contributed by atoms with Gasteiger partial charge in [0.1, 0.15) is 5.69 Å². The van der Waals surface area contributed by atoms with Gasteiger partial charge >= 0.3 is 0 Å². The second-order valence-corrected chi connectivity index (χ2v) is 6.74. The number of nitrogens with zero attached hydrogens (tertiary/aromatic N) is 6. The first-order valence-electron chi connectivity index (χ1n) is 9.24. The SMILES string of the molecule is CCCCC(=O)c1cn(C(C)C)nn1.CCCc1cn(C(C)C)nn1. The fourth-order valence-corrected chi connectivity index (χ4v) is 2.06. The molecule has 0 aliphatic rings. The van der Waals surface area contributed by atoms with E-state index in [9.17, 15) is 4.79 Å². The van der Waals surface area contributed by atoms with Crippen molar-refractivity contribution in [3.63, 3.8) is 0 Å². The van der Waals surface area contributed by atoms with Gasteiger partial charge in [0.25, 0.3) is 0 Å². The third-order valence-electron chi connectivity index (χ3n) is 3.68. The topological polar surface area (TPSA) is 78.5 Å². The Morgan fingerprint density at radius 3 is 2.04 bits per heavy atom. The zero-order valence-electron chi connectivity index (χ0n) is 16.4. The zero-order chi connectivity index (χ0) is 18.8. The minimum absolute atomic E-state index is 0.0961. The minimum Gasteiger partial charge on any atom is -0.292 e. The van der Waals surface area contributed by atoms with E-state index in [1.807, 2.05) is 24.7 Å². The summed E-state index contributed by atoms with van der Waals surface area (Å²) in [4.78, 5) is 11.5. The fourth-order valence-electron chi connectivity index (χ4n) is 2.06. The normalized spacial score (nSPS) is 10.9. The van der Waals surface area contributed by atoms with Crippen molar-refractivity contribution >= 4 is 5.78 Å². The molecule has 2 aromatic heterocycles. The number of carbonyl (C=O) groups is 1. The van der Waals surface area contributed by atoms with E-state index in [4.69, 9.17) is 0 Å². The Morgan fingerprint density at radius 2 is 1.56 bits per heavy atom. The number of aryl methyl sites for hydroxylation is 1. The Hall–Kier alpha value is -2.05. The highest BCUT2D eigenvalue weighted by Gasteiger charge is 2.10. The smallest absolute Gasteiger partial charge is 0.184 e. The molecule has 7 nitrogen and oxygen atoms in total. The third kappa shape index (κ3) is 7.15. The van der Waals surface area contributed by atoms with E-state index >= 15 is 0 Å². The summed E-state index contributed by atoms with van der Waals surface area (Å²) in [5.41, 5.74) is 1.59. The van der Waals surface area contributed by atoms with Crippen molar-refractivity contribution in [3.05, 3.63) is 23.8 Å². The molecule has 0 fully saturated rings. The highest BCUT2D eigenvalue weighted by molar-refractivity contribution is 5.93. The largest absolute Gasteiger partial charge is 0.292 e. The molecule has 0 atom stereocenters. The number of hydrogen-bond acceptors (Lipinski definition) is 5. The summed E-state index contributed by atoms with van der Waals surface area (Å²) in [5, 5.41) is 15.8. The van der Waals surface area contributed by atoms with Crippen LogP contribution in [0.2, 0.25) is 0 Å². The predicted molar refractivity (Wildman–Crippen MR) is 98.7 cm³/mol. The van der Waals surface area contributed by atoms with E-state index in [-0.39, 0.29) is 11.8 Å². The molecule has 2 aromatic rings. The van der Waals surface area contributed by atoms with Crippen molar-refractivity contribution in [2.24, 2.45) is 0 Å². The molecule has 0 saturated carbocycles. The van der Waals surface area contributed by atoms with Crippen LogP contribution in [0.25, 0.3) is 0 Å². The van der Waals surface area contributed by atoms with Crippen molar-refractivity contribution in [3.8, 4) is 0 Å². The van der Waals surface area contributed by atoms with Crippen LogP contribution in [-0.2, 0) is 6.42 Å². The van der Waals surface area contributed by atoms with Crippen molar-refractivity contribution in [1.29, 1.82) is 0 Å². The first-order chi connectivity index (χ1) is 11.9. The van der Waals surface area contributed by atoms with Gasteiger partial charge in [0.2, 0.25) is 0 Å². The number of unbranched alkanes of at least 4 members (excludes halogenated alkanes) is 1. The molecule has 2 rings (SSSR count). The summed E-state index contributed by atoms with van der Waals surface area (Å²) in [6.07, 6.45) is 8.45. The van der Waals surface area contributed by atoms with Crippen LogP contribution in [0, 0.1) is 0 Å². The van der Waals surface area contributed by atoms with E-state index in [0.717, 1.165) is 31.4 Å². The second kappa shape index (κ2) is 10.7. The molecule has 0 aliphatic carbocycles. The van der Waals surface area contributed by atoms with Crippen LogP contribution in [0.4, 0.5) is 0 Å². The average Bonchev–Trinajstić information content (AvgIpc) is 3.23. The van der Waals surface area contributed by atoms with Gasteiger partial charge in [-0.15, -0.1) is 10.2 Å². The molecule has 140 valence electrons. The standard InChI is InChI=1S/C10H17N3O.C8H15N3/c1-4-5-6-10(14)9-7-13(8(2)3)12-11-9;1-4-5-8-6-11(7(2)3)10-9-8/h7-8H,4-6H2,1-3H3;6-7H,4-5H2,1-3H3. The quantitative estimate of drug-likeness (QED) is 0.673. The number of Topliss-reactive ketones (excluding diaryl/α,β-unsaturated/α-hetero) is 1. The zero-order valence-corrected chi connectivity index (χ0v) is 16.4. The molecule has 0 unspecified atom stereocenters. The highest BCUT2D eigenvalue weighted by atomic mass is 16.1. The van der Waals surface area contributed by atoms with Crippen LogP contribution in [0.3, 0.4) is 0 Å². The summed E-state index contributed by atoms with van der Waals surface area (Å²) in [6, 6.07) is 0.684. The van der Waals surface area contributed by atoms with Gasteiger partial charge in [-0.25, -0.2) is 9.36 Å². The van der Waals surface area contributed by atoms with Gasteiger partial charge < -0.3 is 0 Å². The molecule has 0 aliphatic heterocycles. The van der Waals surface area contributed by atoms with Gasteiger partial charge in [0, 0.05) is 24.7 Å². The Labute approximate surface area is 150 Å². The summed E-state index contributed by atoms with van der Waals surface area (Å²) >= 11 is 0. The van der Waals surface area contributed by atoms with Gasteiger partial charge in [0.15, 0.2) is 5.78 Å². The number of aromatic nitrogens is 6. The lowest BCUT2D eigenvalue weighted by molar-refractivity contribution is 0.0975. The highest BCUT2D eigenvalue weighted by Crippen LogP contribution is 2.07. The van der Waals surface area contributed by atoms with E-state index in [2.05, 4.69) is 48.3 Å². The molecule has 25 heavy (non-hydrogen) atoms. The number of carbonyl (C=O) groups excluding carboxylic acids is 1. The average molecular weight is 348 g/mol. The third-order valence-corrected chi connectivity index (χ3v) is 3.68. The molecule has 0 aromatic carbocycles. The van der Waals surface area contributed by atoms with Crippen LogP contribution in [0.1, 0.15) is 95.5 Å². The van der Waals surface area contributed by atoms with Gasteiger partial charge in [-0.1, -0.05) is 37.1 Å². The number of hydrogen-bond donors (Lipinski definition) is 0. The lowest BCUT2D eigenvalue weighted by Crippen LogP contribution is -2.01. The second-order valence-electron chi connectivity index (χ2n) is 6.74. The van der Waals surface area contributed by atoms with Crippen LogP contribution in [-0.4, -0.2) is 35.8 Å². The van der Waals surface area contributed by atoms with Crippen LogP contribution < -0.4 is 0 Å². The number of ketones is 1. The lowest BCUT2D eigenvalue weighted by atomic mass is 10.1. The molecular weight excluding hydrogens is 316 g/mol. The lowest BCUT2D eigenvalue weighted by Gasteiger charge is -2.00. The van der Waals surface area contributed by atoms with E-state index in [0.29, 0.717) is 18.2 Å². The predicted octanol–water partition coefficient (Wildman–Crippen LogP) is 4.04. The number of rotatable bonds is 8. The van der Waals surface area contributed by atoms with Crippen molar-refractivity contribution in [2.45, 2.75) is 85.7 Å². The minimum atomic E-state index is 0.0961. The molecule has 2 heterocycles. The Kier molecular flexibility index (Phi) is 9.02. The van der Waals surface area contributed by atoms with Crippen LogP contribution in [0.15, 0.2) is 12.4 Å². The first-order valence-corrected chi connectivity index (χ1v) is 9.24. The fraction of sp³-hybridized carbons (Fsp3) is 0.722. The Bertz CT molecular complexity index is 629. The summed E-state index contributed by atoms with van der Waals surface area (Å²) in [7, 11) is 0.